The van der Waals surface area contributed by atoms with Gasteiger partial charge < -0.3 is 14.2 Å². The van der Waals surface area contributed by atoms with E-state index in [1.165, 1.54) is 6.33 Å². The Morgan fingerprint density at radius 2 is 1.67 bits per heavy atom. The van der Waals surface area contributed by atoms with Crippen LogP contribution in [-0.4, -0.2) is 61.0 Å². The zero-order valence-corrected chi connectivity index (χ0v) is 22.9. The van der Waals surface area contributed by atoms with Crippen LogP contribution in [0.1, 0.15) is 60.4 Å². The molecule has 1 fully saturated rings. The van der Waals surface area contributed by atoms with Crippen LogP contribution in [0.3, 0.4) is 0 Å². The summed E-state index contributed by atoms with van der Waals surface area (Å²) in [5, 5.41) is 8.92. The maximum absolute atomic E-state index is 13.3. The summed E-state index contributed by atoms with van der Waals surface area (Å²) in [5.41, 5.74) is 0.213. The van der Waals surface area contributed by atoms with Crippen molar-refractivity contribution >= 4 is 39.5 Å². The lowest BCUT2D eigenvalue weighted by Crippen LogP contribution is -2.44. The summed E-state index contributed by atoms with van der Waals surface area (Å²) in [6.45, 7) is 11.6. The second kappa shape index (κ2) is 9.81. The Kier molecular flexibility index (Phi) is 7.11. The summed E-state index contributed by atoms with van der Waals surface area (Å²) >= 11 is 3.55. The number of fused-ring (bicyclic) bond motifs is 1. The number of nitrogens with zero attached hydrogens (tertiary/aromatic N) is 6. The number of hydrogen-bond donors (Lipinski definition) is 0. The van der Waals surface area contributed by atoms with Crippen molar-refractivity contribution in [1.29, 1.82) is 0 Å². The summed E-state index contributed by atoms with van der Waals surface area (Å²) in [5.74, 6) is 0.0360. The zero-order valence-electron chi connectivity index (χ0n) is 21.3. The van der Waals surface area contributed by atoms with Gasteiger partial charge in [0.25, 0.3) is 0 Å². The number of amides is 2. The zero-order chi connectivity index (χ0) is 26.3. The molecule has 3 aromatic rings. The molecule has 1 aliphatic heterocycles. The van der Waals surface area contributed by atoms with E-state index in [4.69, 9.17) is 14.2 Å². The highest BCUT2D eigenvalue weighted by molar-refractivity contribution is 9.10. The fraction of sp³-hybridized carbons (Fsp3) is 0.542. The van der Waals surface area contributed by atoms with Gasteiger partial charge in [-0.15, -0.1) is 0 Å². The SMILES string of the molecule is CC(C)(C)OC(=O)N(C(=O)OC(C)(C)C)c1ncnn2c(Br)cc(-c3ccnn3C3CCOCC3)c12. The molecular weight excluding hydrogens is 532 g/mol. The average molecular weight is 563 g/mol. The van der Waals surface area contributed by atoms with Gasteiger partial charge in [0, 0.05) is 25.0 Å². The highest BCUT2D eigenvalue weighted by Crippen LogP contribution is 2.37. The number of aromatic nitrogens is 5. The van der Waals surface area contributed by atoms with Crippen LogP contribution in [0.2, 0.25) is 0 Å². The van der Waals surface area contributed by atoms with Crippen LogP contribution in [0.15, 0.2) is 29.3 Å². The highest BCUT2D eigenvalue weighted by Gasteiger charge is 2.36. The summed E-state index contributed by atoms with van der Waals surface area (Å²) in [4.78, 5) is 31.9. The summed E-state index contributed by atoms with van der Waals surface area (Å²) in [6.07, 6.45) is 2.84. The van der Waals surface area contributed by atoms with Crippen molar-refractivity contribution in [2.45, 2.75) is 71.6 Å². The first kappa shape index (κ1) is 26.1. The Hall–Kier alpha value is -2.99. The number of carbonyl (C=O) groups is 2. The molecule has 0 aromatic carbocycles. The van der Waals surface area contributed by atoms with Crippen LogP contribution in [0, 0.1) is 0 Å². The molecule has 0 bridgehead atoms. The van der Waals surface area contributed by atoms with Gasteiger partial charge in [-0.2, -0.15) is 15.1 Å². The molecule has 4 rings (SSSR count). The molecule has 2 amide bonds. The van der Waals surface area contributed by atoms with Crippen molar-refractivity contribution in [3.8, 4) is 11.3 Å². The molecule has 0 unspecified atom stereocenters. The van der Waals surface area contributed by atoms with E-state index in [2.05, 4.69) is 31.1 Å². The predicted molar refractivity (Wildman–Crippen MR) is 136 cm³/mol. The van der Waals surface area contributed by atoms with Gasteiger partial charge in [-0.25, -0.2) is 19.1 Å². The summed E-state index contributed by atoms with van der Waals surface area (Å²) in [7, 11) is 0. The minimum Gasteiger partial charge on any atom is -0.443 e. The van der Waals surface area contributed by atoms with Crippen molar-refractivity contribution in [3.05, 3.63) is 29.3 Å². The molecule has 1 saturated heterocycles. The Bertz CT molecular complexity index is 1240. The largest absolute Gasteiger partial charge is 0.443 e. The number of ether oxygens (including phenoxy) is 3. The fourth-order valence-electron chi connectivity index (χ4n) is 3.96. The van der Waals surface area contributed by atoms with Crippen molar-refractivity contribution < 1.29 is 23.8 Å². The van der Waals surface area contributed by atoms with Gasteiger partial charge in [-0.1, -0.05) is 0 Å². The van der Waals surface area contributed by atoms with Crippen LogP contribution < -0.4 is 4.90 Å². The van der Waals surface area contributed by atoms with E-state index >= 15 is 0 Å². The van der Waals surface area contributed by atoms with Crippen LogP contribution in [-0.2, 0) is 14.2 Å². The maximum Gasteiger partial charge on any atom is 0.425 e. The molecule has 0 radical (unpaired) electrons. The van der Waals surface area contributed by atoms with Crippen LogP contribution >= 0.6 is 15.9 Å². The number of halogens is 1. The molecular formula is C24H31BrN6O5. The Balaban J connectivity index is 1.89. The Morgan fingerprint density at radius 1 is 1.06 bits per heavy atom. The van der Waals surface area contributed by atoms with E-state index in [0.717, 1.165) is 23.4 Å². The molecule has 36 heavy (non-hydrogen) atoms. The number of anilines is 1. The number of rotatable bonds is 3. The Labute approximate surface area is 217 Å². The number of carbonyl (C=O) groups excluding carboxylic acids is 2. The molecule has 0 N–H and O–H groups in total. The molecule has 0 atom stereocenters. The van der Waals surface area contributed by atoms with E-state index in [1.54, 1.807) is 52.3 Å². The van der Waals surface area contributed by atoms with Gasteiger partial charge in [0.1, 0.15) is 27.6 Å². The van der Waals surface area contributed by atoms with Crippen LogP contribution in [0.25, 0.3) is 16.8 Å². The molecule has 0 spiro atoms. The third kappa shape index (κ3) is 5.54. The molecule has 4 heterocycles. The predicted octanol–water partition coefficient (Wildman–Crippen LogP) is 5.38. The van der Waals surface area contributed by atoms with E-state index < -0.39 is 23.4 Å². The average Bonchev–Trinajstić information content (AvgIpc) is 3.37. The lowest BCUT2D eigenvalue weighted by atomic mass is 10.1. The second-order valence-electron chi connectivity index (χ2n) is 10.5. The lowest BCUT2D eigenvalue weighted by Gasteiger charge is -2.28. The van der Waals surface area contributed by atoms with Crippen molar-refractivity contribution in [2.75, 3.05) is 18.1 Å². The highest BCUT2D eigenvalue weighted by atomic mass is 79.9. The minimum atomic E-state index is -0.904. The van der Waals surface area contributed by atoms with Gasteiger partial charge in [0.2, 0.25) is 0 Å². The molecule has 11 nitrogen and oxygen atoms in total. The quantitative estimate of drug-likeness (QED) is 0.417. The normalized spacial score (nSPS) is 15.2. The third-order valence-corrected chi connectivity index (χ3v) is 5.90. The molecule has 3 aromatic heterocycles. The van der Waals surface area contributed by atoms with Crippen LogP contribution in [0.5, 0.6) is 0 Å². The van der Waals surface area contributed by atoms with Gasteiger partial charge in [-0.05, 0) is 82.4 Å². The molecule has 194 valence electrons. The topological polar surface area (TPSA) is 113 Å². The molecule has 0 saturated carbocycles. The van der Waals surface area contributed by atoms with E-state index in [-0.39, 0.29) is 11.9 Å². The number of hydrogen-bond acceptors (Lipinski definition) is 8. The Morgan fingerprint density at radius 3 is 2.25 bits per heavy atom. The van der Waals surface area contributed by atoms with Gasteiger partial charge >= 0.3 is 12.2 Å². The first-order valence-electron chi connectivity index (χ1n) is 11.8. The molecule has 1 aliphatic rings. The lowest BCUT2D eigenvalue weighted by molar-refractivity contribution is 0.0429. The smallest absolute Gasteiger partial charge is 0.425 e. The van der Waals surface area contributed by atoms with Gasteiger partial charge in [-0.3, -0.25) is 4.68 Å². The molecule has 12 heteroatoms. The first-order chi connectivity index (χ1) is 16.9. The monoisotopic (exact) mass is 562 g/mol. The van der Waals surface area contributed by atoms with Crippen molar-refractivity contribution in [2.24, 2.45) is 0 Å². The standard InChI is InChI=1S/C24H31BrN6O5/c1-23(2,3)35-21(32)29(22(33)36-24(4,5)6)20-19-16(13-18(25)31(19)28-14-26-20)17-7-10-27-30(17)15-8-11-34-12-9-15/h7,10,13-15H,8-9,11-12H2,1-6H3. The second-order valence-corrected chi connectivity index (χ2v) is 11.3. The van der Waals surface area contributed by atoms with E-state index in [0.29, 0.717) is 28.9 Å². The minimum absolute atomic E-state index is 0.0360. The molecule has 0 aliphatic carbocycles. The third-order valence-electron chi connectivity index (χ3n) is 5.34. The fourth-order valence-corrected chi connectivity index (χ4v) is 4.46. The van der Waals surface area contributed by atoms with Gasteiger partial charge in [0.15, 0.2) is 5.82 Å². The first-order valence-corrected chi connectivity index (χ1v) is 12.5. The van der Waals surface area contributed by atoms with Crippen LogP contribution in [0.4, 0.5) is 15.4 Å². The van der Waals surface area contributed by atoms with Gasteiger partial charge in [0.05, 0.1) is 11.7 Å². The summed E-state index contributed by atoms with van der Waals surface area (Å²) in [6, 6.07) is 3.90. The summed E-state index contributed by atoms with van der Waals surface area (Å²) < 4.78 is 20.8. The number of imide groups is 1. The maximum atomic E-state index is 13.3. The van der Waals surface area contributed by atoms with E-state index in [9.17, 15) is 9.59 Å². The van der Waals surface area contributed by atoms with Crippen molar-refractivity contribution in [1.82, 2.24) is 24.4 Å². The van der Waals surface area contributed by atoms with E-state index in [1.807, 2.05) is 16.8 Å². The van der Waals surface area contributed by atoms with Crippen molar-refractivity contribution in [3.63, 3.8) is 0 Å².